The Bertz CT molecular complexity index is 413. The molecule has 2 heterocycles. The molecule has 0 aliphatic carbocycles. The van der Waals surface area contributed by atoms with Crippen LogP contribution in [-0.4, -0.2) is 41.1 Å². The molecule has 2 rings (SSSR count). The lowest BCUT2D eigenvalue weighted by Gasteiger charge is -2.28. The van der Waals surface area contributed by atoms with Crippen molar-refractivity contribution >= 4 is 11.6 Å². The van der Waals surface area contributed by atoms with Gasteiger partial charge in [0.25, 0.3) is 5.56 Å². The van der Waals surface area contributed by atoms with E-state index < -0.39 is 0 Å². The van der Waals surface area contributed by atoms with Gasteiger partial charge < -0.3 is 14.6 Å². The maximum Gasteiger partial charge on any atom is 0.273 e. The van der Waals surface area contributed by atoms with E-state index in [0.29, 0.717) is 0 Å². The van der Waals surface area contributed by atoms with Gasteiger partial charge in [-0.3, -0.25) is 4.79 Å². The van der Waals surface area contributed by atoms with E-state index in [1.54, 1.807) is 0 Å². The fraction of sp³-hybridized carbons (Fsp3) is 0.600. The standard InChI is InChI=1S/C10H14ClN3O2/c1-14-4-2-7(3-5-14)16-10-8(11)9(15)12-6-13-10/h6-7H,2-5H2,1H3,(H,12,13,15). The molecule has 1 N–H and O–H groups in total. The van der Waals surface area contributed by atoms with Crippen LogP contribution in [0.3, 0.4) is 0 Å². The van der Waals surface area contributed by atoms with Gasteiger partial charge in [-0.15, -0.1) is 0 Å². The van der Waals surface area contributed by atoms with Gasteiger partial charge in [0, 0.05) is 13.1 Å². The highest BCUT2D eigenvalue weighted by atomic mass is 35.5. The van der Waals surface area contributed by atoms with Gasteiger partial charge in [0.2, 0.25) is 5.88 Å². The molecule has 0 spiro atoms. The first-order valence-electron chi connectivity index (χ1n) is 5.25. The molecule has 6 heteroatoms. The van der Waals surface area contributed by atoms with Gasteiger partial charge in [0.1, 0.15) is 6.10 Å². The number of aromatic nitrogens is 2. The zero-order valence-corrected chi connectivity index (χ0v) is 9.83. The first-order valence-corrected chi connectivity index (χ1v) is 5.63. The number of ether oxygens (including phenoxy) is 1. The molecule has 0 atom stereocenters. The average molecular weight is 244 g/mol. The summed E-state index contributed by atoms with van der Waals surface area (Å²) in [4.78, 5) is 19.8. The van der Waals surface area contributed by atoms with Crippen molar-refractivity contribution in [2.45, 2.75) is 18.9 Å². The van der Waals surface area contributed by atoms with E-state index in [-0.39, 0.29) is 22.6 Å². The molecule has 0 saturated carbocycles. The van der Waals surface area contributed by atoms with Crippen molar-refractivity contribution in [3.8, 4) is 5.88 Å². The van der Waals surface area contributed by atoms with Crippen molar-refractivity contribution in [3.05, 3.63) is 21.7 Å². The molecule has 5 nitrogen and oxygen atoms in total. The van der Waals surface area contributed by atoms with Gasteiger partial charge in [0.05, 0.1) is 6.33 Å². The van der Waals surface area contributed by atoms with Crippen LogP contribution >= 0.6 is 11.6 Å². The molecule has 1 fully saturated rings. The lowest BCUT2D eigenvalue weighted by Crippen LogP contribution is -2.36. The third-order valence-electron chi connectivity index (χ3n) is 2.71. The highest BCUT2D eigenvalue weighted by molar-refractivity contribution is 6.31. The number of likely N-dealkylation sites (tertiary alicyclic amines) is 1. The molecular weight excluding hydrogens is 230 g/mol. The summed E-state index contributed by atoms with van der Waals surface area (Å²) in [6.45, 7) is 1.98. The Balaban J connectivity index is 2.04. The second-order valence-corrected chi connectivity index (χ2v) is 4.35. The van der Waals surface area contributed by atoms with Gasteiger partial charge in [-0.05, 0) is 19.9 Å². The summed E-state index contributed by atoms with van der Waals surface area (Å²) in [6, 6.07) is 0. The lowest BCUT2D eigenvalue weighted by molar-refractivity contribution is 0.110. The van der Waals surface area contributed by atoms with E-state index >= 15 is 0 Å². The van der Waals surface area contributed by atoms with Crippen LogP contribution in [0.15, 0.2) is 11.1 Å². The van der Waals surface area contributed by atoms with Gasteiger partial charge in [-0.2, -0.15) is 0 Å². The number of hydrogen-bond donors (Lipinski definition) is 1. The molecule has 16 heavy (non-hydrogen) atoms. The van der Waals surface area contributed by atoms with Crippen LogP contribution in [-0.2, 0) is 0 Å². The number of aromatic amines is 1. The first kappa shape index (κ1) is 11.4. The van der Waals surface area contributed by atoms with Gasteiger partial charge >= 0.3 is 0 Å². The number of nitrogens with zero attached hydrogens (tertiary/aromatic N) is 2. The summed E-state index contributed by atoms with van der Waals surface area (Å²) >= 11 is 5.80. The second-order valence-electron chi connectivity index (χ2n) is 3.97. The van der Waals surface area contributed by atoms with E-state index in [2.05, 4.69) is 21.9 Å². The molecule has 1 aromatic rings. The highest BCUT2D eigenvalue weighted by Gasteiger charge is 2.20. The van der Waals surface area contributed by atoms with E-state index in [4.69, 9.17) is 16.3 Å². The van der Waals surface area contributed by atoms with Crippen molar-refractivity contribution < 1.29 is 4.74 Å². The minimum absolute atomic E-state index is 0.0291. The molecule has 1 aliphatic heterocycles. The second kappa shape index (κ2) is 4.84. The number of nitrogens with one attached hydrogen (secondary N) is 1. The quantitative estimate of drug-likeness (QED) is 0.839. The summed E-state index contributed by atoms with van der Waals surface area (Å²) in [6.07, 6.45) is 3.27. The Kier molecular flexibility index (Phi) is 3.46. The fourth-order valence-corrected chi connectivity index (χ4v) is 1.86. The number of hydrogen-bond acceptors (Lipinski definition) is 4. The number of piperidine rings is 1. The maximum atomic E-state index is 11.2. The smallest absolute Gasteiger partial charge is 0.273 e. The number of H-pyrrole nitrogens is 1. The minimum atomic E-state index is -0.361. The van der Waals surface area contributed by atoms with Crippen LogP contribution in [0, 0.1) is 0 Å². The first-order chi connectivity index (χ1) is 7.66. The summed E-state index contributed by atoms with van der Waals surface area (Å²) < 4.78 is 5.63. The molecule has 0 unspecified atom stereocenters. The molecule has 1 aromatic heterocycles. The van der Waals surface area contributed by atoms with Crippen LogP contribution in [0.5, 0.6) is 5.88 Å². The predicted octanol–water partition coefficient (Wildman–Crippen LogP) is 0.896. The largest absolute Gasteiger partial charge is 0.473 e. The Morgan fingerprint density at radius 2 is 2.25 bits per heavy atom. The molecule has 1 aliphatic rings. The third-order valence-corrected chi connectivity index (χ3v) is 3.04. The molecule has 88 valence electrons. The summed E-state index contributed by atoms with van der Waals surface area (Å²) in [5.41, 5.74) is -0.361. The van der Waals surface area contributed by atoms with Crippen molar-refractivity contribution in [2.75, 3.05) is 20.1 Å². The fourth-order valence-electron chi connectivity index (χ4n) is 1.71. The monoisotopic (exact) mass is 243 g/mol. The van der Waals surface area contributed by atoms with Crippen molar-refractivity contribution in [2.24, 2.45) is 0 Å². The Morgan fingerprint density at radius 1 is 1.56 bits per heavy atom. The zero-order valence-electron chi connectivity index (χ0n) is 9.07. The maximum absolute atomic E-state index is 11.2. The SMILES string of the molecule is CN1CCC(Oc2nc[nH]c(=O)c2Cl)CC1. The molecular formula is C10H14ClN3O2. The van der Waals surface area contributed by atoms with E-state index in [9.17, 15) is 4.79 Å². The van der Waals surface area contributed by atoms with Crippen LogP contribution < -0.4 is 10.3 Å². The van der Waals surface area contributed by atoms with Crippen LogP contribution in [0.2, 0.25) is 5.02 Å². The average Bonchev–Trinajstić information content (AvgIpc) is 2.28. The van der Waals surface area contributed by atoms with Crippen LogP contribution in [0.4, 0.5) is 0 Å². The Morgan fingerprint density at radius 3 is 2.94 bits per heavy atom. The van der Waals surface area contributed by atoms with E-state index in [1.807, 2.05) is 0 Å². The van der Waals surface area contributed by atoms with Crippen molar-refractivity contribution in [1.82, 2.24) is 14.9 Å². The molecule has 0 aromatic carbocycles. The van der Waals surface area contributed by atoms with Crippen molar-refractivity contribution in [1.29, 1.82) is 0 Å². The topological polar surface area (TPSA) is 58.2 Å². The molecule has 0 radical (unpaired) electrons. The van der Waals surface area contributed by atoms with Crippen LogP contribution in [0.25, 0.3) is 0 Å². The number of halogens is 1. The zero-order chi connectivity index (χ0) is 11.5. The van der Waals surface area contributed by atoms with Crippen LogP contribution in [0.1, 0.15) is 12.8 Å². The normalized spacial score (nSPS) is 18.6. The van der Waals surface area contributed by atoms with Gasteiger partial charge in [0.15, 0.2) is 5.02 Å². The Labute approximate surface area is 98.4 Å². The molecule has 0 bridgehead atoms. The number of rotatable bonds is 2. The van der Waals surface area contributed by atoms with Gasteiger partial charge in [-0.1, -0.05) is 11.6 Å². The van der Waals surface area contributed by atoms with E-state index in [0.717, 1.165) is 25.9 Å². The summed E-state index contributed by atoms with van der Waals surface area (Å²) in [7, 11) is 2.08. The highest BCUT2D eigenvalue weighted by Crippen LogP contribution is 2.20. The minimum Gasteiger partial charge on any atom is -0.473 e. The molecule has 1 saturated heterocycles. The summed E-state index contributed by atoms with van der Waals surface area (Å²) in [5, 5.41) is 0.0291. The summed E-state index contributed by atoms with van der Waals surface area (Å²) in [5.74, 6) is 0.236. The van der Waals surface area contributed by atoms with Gasteiger partial charge in [-0.25, -0.2) is 4.98 Å². The predicted molar refractivity (Wildman–Crippen MR) is 61.0 cm³/mol. The lowest BCUT2D eigenvalue weighted by atomic mass is 10.1. The molecule has 0 amide bonds. The third kappa shape index (κ3) is 2.54. The Hall–Kier alpha value is -1.07. The van der Waals surface area contributed by atoms with E-state index in [1.165, 1.54) is 6.33 Å². The van der Waals surface area contributed by atoms with Crippen molar-refractivity contribution in [3.63, 3.8) is 0 Å².